The first-order valence-electron chi connectivity index (χ1n) is 12.2. The molecule has 4 aromatic heterocycles. The van der Waals surface area contributed by atoms with Crippen molar-refractivity contribution >= 4 is 17.7 Å². The van der Waals surface area contributed by atoms with Gasteiger partial charge in [-0.3, -0.25) is 9.48 Å². The van der Waals surface area contributed by atoms with Gasteiger partial charge in [-0.05, 0) is 31.0 Å². The third-order valence-corrected chi connectivity index (χ3v) is 6.97. The molecule has 4 aromatic rings. The Labute approximate surface area is 217 Å². The number of hydrogen-bond acceptors (Lipinski definition) is 11. The van der Waals surface area contributed by atoms with Crippen molar-refractivity contribution in [3.8, 4) is 28.5 Å². The fraction of sp³-hybridized carbons (Fsp3) is 0.360. The molecule has 0 bridgehead atoms. The molecule has 1 saturated heterocycles. The molecule has 13 heteroatoms. The van der Waals surface area contributed by atoms with Crippen LogP contribution in [0, 0.1) is 0 Å². The van der Waals surface area contributed by atoms with Crippen LogP contribution in [-0.2, 0) is 10.4 Å². The SMILES string of the molecule is COc1cn([C@H]2C[C@@H](O)C2)nc1Nc1nccc(-c2cccc(-c3cc([C@]4(O)CCN(C)C4=O)on3)n2)n1. The van der Waals surface area contributed by atoms with Gasteiger partial charge in [0.25, 0.3) is 5.91 Å². The Morgan fingerprint density at radius 2 is 1.92 bits per heavy atom. The normalized spacial score (nSPS) is 22.9. The van der Waals surface area contributed by atoms with Gasteiger partial charge >= 0.3 is 0 Å². The van der Waals surface area contributed by atoms with Crippen LogP contribution < -0.4 is 10.1 Å². The number of amides is 1. The van der Waals surface area contributed by atoms with Crippen molar-refractivity contribution in [1.29, 1.82) is 0 Å². The Balaban J connectivity index is 1.24. The summed E-state index contributed by atoms with van der Waals surface area (Å²) in [5, 5.41) is 32.2. The fourth-order valence-electron chi connectivity index (χ4n) is 4.63. The topological polar surface area (TPSA) is 165 Å². The molecule has 3 N–H and O–H groups in total. The summed E-state index contributed by atoms with van der Waals surface area (Å²) in [6, 6.07) is 8.76. The average molecular weight is 519 g/mol. The van der Waals surface area contributed by atoms with Crippen molar-refractivity contribution in [2.45, 2.75) is 37.0 Å². The van der Waals surface area contributed by atoms with E-state index in [4.69, 9.17) is 9.26 Å². The number of likely N-dealkylation sites (N-methyl/N-ethyl adjacent to an activating group) is 1. The lowest BCUT2D eigenvalue weighted by Crippen LogP contribution is -2.35. The number of methoxy groups -OCH3 is 1. The zero-order valence-electron chi connectivity index (χ0n) is 20.8. The van der Waals surface area contributed by atoms with Crippen molar-refractivity contribution in [2.75, 3.05) is 26.0 Å². The molecule has 1 aliphatic carbocycles. The first kappa shape index (κ1) is 24.0. The number of likely N-dealkylation sites (tertiary alicyclic amines) is 1. The monoisotopic (exact) mass is 518 g/mol. The molecule has 0 unspecified atom stereocenters. The lowest BCUT2D eigenvalue weighted by molar-refractivity contribution is -0.144. The second kappa shape index (κ2) is 9.19. The molecule has 0 radical (unpaired) electrons. The van der Waals surface area contributed by atoms with Crippen molar-refractivity contribution in [3.05, 3.63) is 48.5 Å². The summed E-state index contributed by atoms with van der Waals surface area (Å²) >= 11 is 0. The highest BCUT2D eigenvalue weighted by Crippen LogP contribution is 2.36. The lowest BCUT2D eigenvalue weighted by atomic mass is 9.90. The zero-order valence-corrected chi connectivity index (χ0v) is 20.8. The smallest absolute Gasteiger partial charge is 0.262 e. The third kappa shape index (κ3) is 4.15. The fourth-order valence-corrected chi connectivity index (χ4v) is 4.63. The number of carbonyl (C=O) groups is 1. The molecule has 2 aliphatic rings. The molecular weight excluding hydrogens is 492 g/mol. The lowest BCUT2D eigenvalue weighted by Gasteiger charge is -2.31. The Kier molecular flexibility index (Phi) is 5.80. The maximum atomic E-state index is 12.4. The molecule has 38 heavy (non-hydrogen) atoms. The first-order chi connectivity index (χ1) is 18.3. The van der Waals surface area contributed by atoms with E-state index in [9.17, 15) is 15.0 Å². The molecule has 1 atom stereocenters. The van der Waals surface area contributed by atoms with Gasteiger partial charge in [-0.1, -0.05) is 11.2 Å². The van der Waals surface area contributed by atoms with Crippen LogP contribution in [0.2, 0.25) is 0 Å². The van der Waals surface area contributed by atoms with E-state index in [1.807, 2.05) is 6.07 Å². The summed E-state index contributed by atoms with van der Waals surface area (Å²) in [5.74, 6) is 0.979. The summed E-state index contributed by atoms with van der Waals surface area (Å²) in [6.45, 7) is 0.430. The summed E-state index contributed by atoms with van der Waals surface area (Å²) in [7, 11) is 3.19. The Morgan fingerprint density at radius 3 is 2.63 bits per heavy atom. The minimum atomic E-state index is -1.72. The molecular formula is C25H26N8O5. The Bertz CT molecular complexity index is 1500. The summed E-state index contributed by atoms with van der Waals surface area (Å²) in [5.41, 5.74) is 0.281. The second-order valence-corrected chi connectivity index (χ2v) is 9.52. The van der Waals surface area contributed by atoms with Crippen molar-refractivity contribution in [3.63, 3.8) is 0 Å². The number of pyridine rings is 1. The largest absolute Gasteiger partial charge is 0.491 e. The van der Waals surface area contributed by atoms with Crippen molar-refractivity contribution in [1.82, 2.24) is 34.8 Å². The number of ether oxygens (including phenoxy) is 1. The third-order valence-electron chi connectivity index (χ3n) is 6.97. The van der Waals surface area contributed by atoms with Gasteiger partial charge in [0, 0.05) is 32.3 Å². The van der Waals surface area contributed by atoms with Gasteiger partial charge in [0.1, 0.15) is 5.69 Å². The minimum absolute atomic E-state index is 0.0902. The number of hydrogen-bond donors (Lipinski definition) is 3. The van der Waals surface area contributed by atoms with Crippen LogP contribution in [0.3, 0.4) is 0 Å². The number of anilines is 2. The van der Waals surface area contributed by atoms with E-state index in [2.05, 4.69) is 30.5 Å². The van der Waals surface area contributed by atoms with E-state index in [1.165, 1.54) is 4.90 Å². The first-order valence-corrected chi connectivity index (χ1v) is 12.2. The van der Waals surface area contributed by atoms with Crippen LogP contribution in [0.15, 0.2) is 47.2 Å². The van der Waals surface area contributed by atoms with E-state index < -0.39 is 11.5 Å². The molecule has 2 fully saturated rings. The van der Waals surface area contributed by atoms with E-state index in [0.717, 1.165) is 0 Å². The van der Waals surface area contributed by atoms with Gasteiger partial charge in [0.05, 0.1) is 42.5 Å². The van der Waals surface area contributed by atoms with Gasteiger partial charge in [-0.15, -0.1) is 0 Å². The van der Waals surface area contributed by atoms with E-state index in [0.29, 0.717) is 59.7 Å². The number of nitrogens with one attached hydrogen (secondary N) is 1. The molecule has 6 rings (SSSR count). The second-order valence-electron chi connectivity index (χ2n) is 9.52. The van der Waals surface area contributed by atoms with Gasteiger partial charge in [-0.2, -0.15) is 5.10 Å². The molecule has 0 spiro atoms. The van der Waals surface area contributed by atoms with Gasteiger partial charge in [0.2, 0.25) is 11.5 Å². The molecule has 1 amide bonds. The van der Waals surface area contributed by atoms with Gasteiger partial charge < -0.3 is 29.7 Å². The number of carbonyl (C=O) groups excluding carboxylic acids is 1. The Hall–Kier alpha value is -4.36. The molecule has 5 heterocycles. The highest BCUT2D eigenvalue weighted by atomic mass is 16.5. The Morgan fingerprint density at radius 1 is 1.16 bits per heavy atom. The number of aromatic nitrogens is 6. The molecule has 13 nitrogen and oxygen atoms in total. The molecule has 196 valence electrons. The molecule has 1 aliphatic heterocycles. The van der Waals surface area contributed by atoms with Crippen LogP contribution in [0.1, 0.15) is 31.1 Å². The van der Waals surface area contributed by atoms with Crippen molar-refractivity contribution < 1.29 is 24.3 Å². The summed E-state index contributed by atoms with van der Waals surface area (Å²) < 4.78 is 12.6. The highest BCUT2D eigenvalue weighted by molar-refractivity contribution is 5.87. The highest BCUT2D eigenvalue weighted by Gasteiger charge is 2.48. The van der Waals surface area contributed by atoms with Crippen LogP contribution in [-0.4, -0.2) is 77.7 Å². The van der Waals surface area contributed by atoms with E-state index >= 15 is 0 Å². The predicted octanol–water partition coefficient (Wildman–Crippen LogP) is 1.89. The van der Waals surface area contributed by atoms with Gasteiger partial charge in [-0.25, -0.2) is 15.0 Å². The maximum absolute atomic E-state index is 12.4. The summed E-state index contributed by atoms with van der Waals surface area (Å²) in [6.07, 6.45) is 4.63. The van der Waals surface area contributed by atoms with Crippen molar-refractivity contribution in [2.24, 2.45) is 0 Å². The van der Waals surface area contributed by atoms with Crippen LogP contribution >= 0.6 is 0 Å². The maximum Gasteiger partial charge on any atom is 0.262 e. The quantitative estimate of drug-likeness (QED) is 0.327. The predicted molar refractivity (Wildman–Crippen MR) is 133 cm³/mol. The molecule has 1 saturated carbocycles. The minimum Gasteiger partial charge on any atom is -0.491 e. The van der Waals surface area contributed by atoms with Crippen LogP contribution in [0.5, 0.6) is 5.75 Å². The van der Waals surface area contributed by atoms with E-state index in [1.54, 1.807) is 55.5 Å². The van der Waals surface area contributed by atoms with Crippen LogP contribution in [0.25, 0.3) is 22.8 Å². The van der Waals surface area contributed by atoms with Crippen LogP contribution in [0.4, 0.5) is 11.8 Å². The molecule has 0 aromatic carbocycles. The summed E-state index contributed by atoms with van der Waals surface area (Å²) in [4.78, 5) is 27.4. The number of nitrogens with zero attached hydrogens (tertiary/aromatic N) is 7. The number of rotatable bonds is 7. The number of aliphatic hydroxyl groups excluding tert-OH is 1. The zero-order chi connectivity index (χ0) is 26.4. The van der Waals surface area contributed by atoms with Gasteiger partial charge in [0.15, 0.2) is 17.3 Å². The average Bonchev–Trinajstić information content (AvgIpc) is 3.63. The standard InChI is InChI=1S/C25H26N8O5/c1-32-9-7-25(36,23(32)35)21-12-19(31-38-21)17-5-3-4-16(27-17)18-6-8-26-24(28-18)29-22-20(37-2)13-33(30-22)14-10-15(34)11-14/h3-6,8,12-15,34,36H,7,9-11H2,1-2H3,(H,26,28,29,30)/t14-,15+,25-/m1/s1. The number of aliphatic hydroxyl groups is 2. The van der Waals surface area contributed by atoms with E-state index in [-0.39, 0.29) is 24.3 Å².